The van der Waals surface area contributed by atoms with Gasteiger partial charge in [0.15, 0.2) is 0 Å². The molecule has 6 rings (SSSR count). The maximum absolute atomic E-state index is 12.6. The van der Waals surface area contributed by atoms with Crippen LogP contribution in [0.1, 0.15) is 62.5 Å². The summed E-state index contributed by atoms with van der Waals surface area (Å²) >= 11 is 0. The summed E-state index contributed by atoms with van der Waals surface area (Å²) in [5, 5.41) is 15.7. The van der Waals surface area contributed by atoms with Crippen LogP contribution in [-0.2, 0) is 9.53 Å². The maximum atomic E-state index is 12.6. The quantitative estimate of drug-likeness (QED) is 0.738. The van der Waals surface area contributed by atoms with Crippen molar-refractivity contribution in [3.8, 4) is 0 Å². The number of carbonyl (C=O) groups is 1. The Labute approximate surface area is 195 Å². The minimum Gasteiger partial charge on any atom is -0.389 e. The first-order valence-corrected chi connectivity index (χ1v) is 12.6. The molecule has 33 heavy (non-hydrogen) atoms. The summed E-state index contributed by atoms with van der Waals surface area (Å²) in [5.41, 5.74) is 2.97. The van der Waals surface area contributed by atoms with Crippen molar-refractivity contribution in [1.29, 1.82) is 0 Å². The Hall–Kier alpha value is -2.02. The van der Waals surface area contributed by atoms with Gasteiger partial charge >= 0.3 is 0 Å². The van der Waals surface area contributed by atoms with Gasteiger partial charge in [-0.3, -0.25) is 9.69 Å². The van der Waals surface area contributed by atoms with E-state index in [-0.39, 0.29) is 17.4 Å². The van der Waals surface area contributed by atoms with E-state index >= 15 is 0 Å². The summed E-state index contributed by atoms with van der Waals surface area (Å²) in [6, 6.07) is 6.57. The Morgan fingerprint density at radius 3 is 2.61 bits per heavy atom. The molecule has 2 unspecified atom stereocenters. The number of rotatable bonds is 4. The van der Waals surface area contributed by atoms with E-state index in [9.17, 15) is 9.90 Å². The summed E-state index contributed by atoms with van der Waals surface area (Å²) in [6.45, 7) is 7.31. The molecule has 2 aliphatic heterocycles. The number of benzene rings is 1. The zero-order valence-electron chi connectivity index (χ0n) is 19.8. The third-order valence-corrected chi connectivity index (χ3v) is 9.09. The molecular formula is C27H35N3O3. The van der Waals surface area contributed by atoms with Crippen molar-refractivity contribution in [2.24, 2.45) is 11.3 Å². The fraction of sp³-hybridized carbons (Fsp3) is 0.630. The number of anilines is 1. The molecule has 6 heteroatoms. The molecule has 2 N–H and O–H groups in total. The molecule has 2 aromatic rings. The van der Waals surface area contributed by atoms with Crippen LogP contribution in [0.3, 0.4) is 0 Å². The van der Waals surface area contributed by atoms with Gasteiger partial charge in [0.1, 0.15) is 5.82 Å². The summed E-state index contributed by atoms with van der Waals surface area (Å²) < 4.78 is 5.55. The molecule has 1 aromatic carbocycles. The standard InChI is InChI=1S/C27H35N3O3/c1-17-9-20-14-28-24(29-25(32)21-12-27(13-21)5-6-27)11-19(20)10-22(17)18-3-7-30(8-4-18)26(2)16-33-15-23(26)31/h9-11,14,18,21,23,31H,3-8,12-13,15-16H2,1-2H3,(H,28,29,32). The van der Waals surface area contributed by atoms with Crippen LogP contribution in [0.4, 0.5) is 5.82 Å². The van der Waals surface area contributed by atoms with Gasteiger partial charge in [0.05, 0.1) is 24.9 Å². The summed E-state index contributed by atoms with van der Waals surface area (Å²) in [6.07, 6.45) is 8.34. The number of hydrogen-bond donors (Lipinski definition) is 2. The van der Waals surface area contributed by atoms with E-state index in [1.807, 2.05) is 12.3 Å². The second-order valence-corrected chi connectivity index (χ2v) is 11.4. The van der Waals surface area contributed by atoms with Gasteiger partial charge in [-0.25, -0.2) is 4.98 Å². The molecule has 2 aliphatic carbocycles. The number of nitrogens with one attached hydrogen (secondary N) is 1. The van der Waals surface area contributed by atoms with Gasteiger partial charge < -0.3 is 15.2 Å². The second kappa shape index (κ2) is 7.76. The predicted octanol–water partition coefficient (Wildman–Crippen LogP) is 4.00. The molecule has 1 aromatic heterocycles. The first-order chi connectivity index (χ1) is 15.9. The van der Waals surface area contributed by atoms with Gasteiger partial charge in [0.25, 0.3) is 0 Å². The van der Waals surface area contributed by atoms with E-state index in [2.05, 4.69) is 41.2 Å². The fourth-order valence-electron chi connectivity index (χ4n) is 6.47. The number of likely N-dealkylation sites (tertiary alicyclic amines) is 1. The van der Waals surface area contributed by atoms with Crippen molar-refractivity contribution in [1.82, 2.24) is 9.88 Å². The van der Waals surface area contributed by atoms with Crippen LogP contribution in [0.15, 0.2) is 24.4 Å². The monoisotopic (exact) mass is 449 g/mol. The molecule has 1 amide bonds. The van der Waals surface area contributed by atoms with Gasteiger partial charge in [-0.2, -0.15) is 0 Å². The SMILES string of the molecule is Cc1cc2cnc(NC(=O)C3CC4(CC4)C3)cc2cc1C1CCN(C2(C)COCC2O)CC1. The van der Waals surface area contributed by atoms with Gasteiger partial charge in [-0.1, -0.05) is 6.07 Å². The van der Waals surface area contributed by atoms with E-state index in [1.54, 1.807) is 0 Å². The maximum Gasteiger partial charge on any atom is 0.228 e. The number of ether oxygens (including phenoxy) is 1. The van der Waals surface area contributed by atoms with Crippen molar-refractivity contribution < 1.29 is 14.6 Å². The Morgan fingerprint density at radius 2 is 1.94 bits per heavy atom. The van der Waals surface area contributed by atoms with Crippen LogP contribution in [0.5, 0.6) is 0 Å². The first kappa shape index (κ1) is 21.5. The minimum atomic E-state index is -0.410. The zero-order chi connectivity index (χ0) is 22.8. The number of aliphatic hydroxyl groups is 1. The van der Waals surface area contributed by atoms with Crippen LogP contribution in [0.2, 0.25) is 0 Å². The lowest BCUT2D eigenvalue weighted by atomic mass is 9.71. The molecule has 2 saturated carbocycles. The Morgan fingerprint density at radius 1 is 1.18 bits per heavy atom. The number of aryl methyl sites for hydroxylation is 1. The molecule has 2 atom stereocenters. The van der Waals surface area contributed by atoms with Crippen molar-refractivity contribution in [3.05, 3.63) is 35.5 Å². The number of nitrogens with zero attached hydrogens (tertiary/aromatic N) is 2. The minimum absolute atomic E-state index is 0.130. The van der Waals surface area contributed by atoms with E-state index < -0.39 is 6.10 Å². The van der Waals surface area contributed by atoms with Gasteiger partial charge in [0, 0.05) is 17.5 Å². The highest BCUT2D eigenvalue weighted by molar-refractivity contribution is 5.95. The first-order valence-electron chi connectivity index (χ1n) is 12.6. The van der Waals surface area contributed by atoms with Crippen molar-refractivity contribution >= 4 is 22.5 Å². The predicted molar refractivity (Wildman–Crippen MR) is 128 cm³/mol. The zero-order valence-corrected chi connectivity index (χ0v) is 19.8. The van der Waals surface area contributed by atoms with Crippen LogP contribution in [-0.4, -0.2) is 58.8 Å². The molecule has 4 aliphatic rings. The number of aliphatic hydroxyl groups excluding tert-OH is 1. The molecule has 3 heterocycles. The van der Waals surface area contributed by atoms with Gasteiger partial charge in [-0.05, 0) is 105 Å². The Kier molecular flexibility index (Phi) is 5.05. The van der Waals surface area contributed by atoms with E-state index in [4.69, 9.17) is 4.74 Å². The second-order valence-electron chi connectivity index (χ2n) is 11.4. The normalized spacial score (nSPS) is 30.0. The van der Waals surface area contributed by atoms with Crippen molar-refractivity contribution in [2.75, 3.05) is 31.6 Å². The number of amides is 1. The number of hydrogen-bond acceptors (Lipinski definition) is 5. The Bertz CT molecular complexity index is 1080. The molecule has 6 nitrogen and oxygen atoms in total. The number of carbonyl (C=O) groups excluding carboxylic acids is 1. The summed E-state index contributed by atoms with van der Waals surface area (Å²) in [5.74, 6) is 1.46. The number of piperidine rings is 1. The van der Waals surface area contributed by atoms with Crippen molar-refractivity contribution in [3.63, 3.8) is 0 Å². The lowest BCUT2D eigenvalue weighted by molar-refractivity contribution is -0.124. The fourth-order valence-corrected chi connectivity index (χ4v) is 6.47. The van der Waals surface area contributed by atoms with E-state index in [0.29, 0.717) is 30.4 Å². The molecular weight excluding hydrogens is 414 g/mol. The molecule has 2 saturated heterocycles. The highest BCUT2D eigenvalue weighted by Gasteiger charge is 2.55. The van der Waals surface area contributed by atoms with Crippen LogP contribution in [0.25, 0.3) is 10.8 Å². The highest BCUT2D eigenvalue weighted by atomic mass is 16.5. The topological polar surface area (TPSA) is 74.7 Å². The average molecular weight is 450 g/mol. The largest absolute Gasteiger partial charge is 0.389 e. The molecule has 176 valence electrons. The van der Waals surface area contributed by atoms with Crippen LogP contribution >= 0.6 is 0 Å². The average Bonchev–Trinajstić information content (AvgIpc) is 3.52. The lowest BCUT2D eigenvalue weighted by Crippen LogP contribution is -2.56. The molecule has 4 fully saturated rings. The lowest BCUT2D eigenvalue weighted by Gasteiger charge is -2.44. The van der Waals surface area contributed by atoms with Gasteiger partial charge in [-0.15, -0.1) is 0 Å². The molecule has 1 spiro atoms. The molecule has 0 radical (unpaired) electrons. The van der Waals surface area contributed by atoms with Crippen LogP contribution < -0.4 is 5.32 Å². The van der Waals surface area contributed by atoms with E-state index in [0.717, 1.165) is 49.5 Å². The smallest absolute Gasteiger partial charge is 0.228 e. The van der Waals surface area contributed by atoms with E-state index in [1.165, 1.54) is 24.0 Å². The number of fused-ring (bicyclic) bond motifs is 1. The number of pyridine rings is 1. The molecule has 0 bridgehead atoms. The third kappa shape index (κ3) is 3.76. The number of aromatic nitrogens is 1. The summed E-state index contributed by atoms with van der Waals surface area (Å²) in [4.78, 5) is 19.6. The highest BCUT2D eigenvalue weighted by Crippen LogP contribution is 2.63. The Balaban J connectivity index is 1.16. The third-order valence-electron chi connectivity index (χ3n) is 9.09. The summed E-state index contributed by atoms with van der Waals surface area (Å²) in [7, 11) is 0. The van der Waals surface area contributed by atoms with Gasteiger partial charge in [0.2, 0.25) is 5.91 Å². The van der Waals surface area contributed by atoms with Crippen LogP contribution in [0, 0.1) is 18.3 Å². The van der Waals surface area contributed by atoms with Crippen molar-refractivity contribution in [2.45, 2.75) is 69.9 Å².